The topological polar surface area (TPSA) is 38.9 Å². The summed E-state index contributed by atoms with van der Waals surface area (Å²) in [5.74, 6) is 1.63. The van der Waals surface area contributed by atoms with Crippen LogP contribution in [0, 0.1) is 10.7 Å². The maximum Gasteiger partial charge on any atom is 0.199 e. The first-order chi connectivity index (χ1) is 10.1. The SMILES string of the molecule is C[C@@H]1CCCN(Cn2nc(-c3cccnc3)n(C)c2=S)C1. The Morgan fingerprint density at radius 2 is 2.29 bits per heavy atom. The summed E-state index contributed by atoms with van der Waals surface area (Å²) in [5.41, 5.74) is 0.997. The molecule has 1 saturated heterocycles. The number of hydrogen-bond acceptors (Lipinski definition) is 4. The maximum atomic E-state index is 5.53. The zero-order valence-electron chi connectivity index (χ0n) is 12.6. The Kier molecular flexibility index (Phi) is 4.17. The second kappa shape index (κ2) is 6.07. The quantitative estimate of drug-likeness (QED) is 0.817. The monoisotopic (exact) mass is 303 g/mol. The van der Waals surface area contributed by atoms with E-state index in [1.807, 2.05) is 34.6 Å². The molecule has 1 fully saturated rings. The Labute approximate surface area is 130 Å². The predicted molar refractivity (Wildman–Crippen MR) is 85.2 cm³/mol. The molecule has 2 aromatic rings. The van der Waals surface area contributed by atoms with Crippen LogP contribution < -0.4 is 0 Å². The Morgan fingerprint density at radius 3 is 3.00 bits per heavy atom. The van der Waals surface area contributed by atoms with Gasteiger partial charge in [0.15, 0.2) is 10.6 Å². The van der Waals surface area contributed by atoms with Crippen LogP contribution in [0.4, 0.5) is 0 Å². The van der Waals surface area contributed by atoms with E-state index >= 15 is 0 Å². The minimum atomic E-state index is 0.757. The Morgan fingerprint density at radius 1 is 1.43 bits per heavy atom. The highest BCUT2D eigenvalue weighted by molar-refractivity contribution is 7.71. The molecule has 3 rings (SSSR count). The molecule has 0 aliphatic carbocycles. The first-order valence-corrected chi connectivity index (χ1v) is 7.82. The van der Waals surface area contributed by atoms with Crippen LogP contribution in [0.1, 0.15) is 19.8 Å². The lowest BCUT2D eigenvalue weighted by molar-refractivity contribution is 0.138. The third kappa shape index (κ3) is 3.06. The summed E-state index contributed by atoms with van der Waals surface area (Å²) in [7, 11) is 1.97. The summed E-state index contributed by atoms with van der Waals surface area (Å²) in [6.07, 6.45) is 6.18. The van der Waals surface area contributed by atoms with Crippen LogP contribution in [0.2, 0.25) is 0 Å². The van der Waals surface area contributed by atoms with Gasteiger partial charge in [-0.15, -0.1) is 0 Å². The van der Waals surface area contributed by atoms with E-state index in [0.29, 0.717) is 0 Å². The van der Waals surface area contributed by atoms with E-state index < -0.39 is 0 Å². The fourth-order valence-corrected chi connectivity index (χ4v) is 3.12. The summed E-state index contributed by atoms with van der Waals surface area (Å²) in [4.78, 5) is 6.59. The van der Waals surface area contributed by atoms with Crippen LogP contribution in [0.15, 0.2) is 24.5 Å². The van der Waals surface area contributed by atoms with Gasteiger partial charge in [-0.25, -0.2) is 4.68 Å². The van der Waals surface area contributed by atoms with Gasteiger partial charge in [0.25, 0.3) is 0 Å². The highest BCUT2D eigenvalue weighted by Crippen LogP contribution is 2.18. The number of rotatable bonds is 3. The normalized spacial score (nSPS) is 19.8. The minimum absolute atomic E-state index is 0.757. The van der Waals surface area contributed by atoms with E-state index in [1.54, 1.807) is 6.20 Å². The van der Waals surface area contributed by atoms with Gasteiger partial charge in [-0.2, -0.15) is 5.10 Å². The van der Waals surface area contributed by atoms with Crippen LogP contribution in [0.25, 0.3) is 11.4 Å². The van der Waals surface area contributed by atoms with Crippen LogP contribution in [0.5, 0.6) is 0 Å². The van der Waals surface area contributed by atoms with Gasteiger partial charge in [0.1, 0.15) is 0 Å². The average molecular weight is 303 g/mol. The van der Waals surface area contributed by atoms with E-state index in [4.69, 9.17) is 17.3 Å². The zero-order chi connectivity index (χ0) is 14.8. The molecule has 0 bridgehead atoms. The highest BCUT2D eigenvalue weighted by atomic mass is 32.1. The van der Waals surface area contributed by atoms with Crippen LogP contribution >= 0.6 is 12.2 Å². The Balaban J connectivity index is 1.85. The molecule has 6 heteroatoms. The molecule has 1 aliphatic rings. The number of hydrogen-bond donors (Lipinski definition) is 0. The van der Waals surface area contributed by atoms with Crippen molar-refractivity contribution in [3.8, 4) is 11.4 Å². The summed E-state index contributed by atoms with van der Waals surface area (Å²) in [5, 5.41) is 4.69. The van der Waals surface area contributed by atoms with Crippen molar-refractivity contribution in [2.45, 2.75) is 26.4 Å². The van der Waals surface area contributed by atoms with Gasteiger partial charge >= 0.3 is 0 Å². The molecule has 1 atom stereocenters. The summed E-state index contributed by atoms with van der Waals surface area (Å²) < 4.78 is 4.64. The van der Waals surface area contributed by atoms with Crippen LogP contribution in [-0.2, 0) is 13.7 Å². The van der Waals surface area contributed by atoms with Gasteiger partial charge in [-0.05, 0) is 49.7 Å². The van der Waals surface area contributed by atoms with E-state index in [2.05, 4.69) is 16.8 Å². The van der Waals surface area contributed by atoms with Crippen molar-refractivity contribution in [3.05, 3.63) is 29.3 Å². The lowest BCUT2D eigenvalue weighted by atomic mass is 10.0. The van der Waals surface area contributed by atoms with Crippen molar-refractivity contribution >= 4 is 12.2 Å². The van der Waals surface area contributed by atoms with Crippen LogP contribution in [0.3, 0.4) is 0 Å². The number of aromatic nitrogens is 4. The minimum Gasteiger partial charge on any atom is -0.303 e. The van der Waals surface area contributed by atoms with E-state index in [1.165, 1.54) is 12.8 Å². The highest BCUT2D eigenvalue weighted by Gasteiger charge is 2.18. The molecular formula is C15H21N5S. The summed E-state index contributed by atoms with van der Waals surface area (Å²) in [6.45, 7) is 5.34. The molecule has 112 valence electrons. The second-order valence-electron chi connectivity index (χ2n) is 5.87. The van der Waals surface area contributed by atoms with E-state index in [0.717, 1.165) is 41.8 Å². The predicted octanol–water partition coefficient (Wildman–Crippen LogP) is 2.70. The van der Waals surface area contributed by atoms with Crippen molar-refractivity contribution < 1.29 is 0 Å². The largest absolute Gasteiger partial charge is 0.303 e. The van der Waals surface area contributed by atoms with Gasteiger partial charge in [0, 0.05) is 31.5 Å². The molecule has 21 heavy (non-hydrogen) atoms. The number of nitrogens with zero attached hydrogens (tertiary/aromatic N) is 5. The number of piperidine rings is 1. The smallest absolute Gasteiger partial charge is 0.199 e. The molecule has 0 amide bonds. The van der Waals surface area contributed by atoms with Crippen molar-refractivity contribution in [3.63, 3.8) is 0 Å². The van der Waals surface area contributed by atoms with Crippen LogP contribution in [-0.4, -0.2) is 37.3 Å². The van der Waals surface area contributed by atoms with E-state index in [-0.39, 0.29) is 0 Å². The summed E-state index contributed by atoms with van der Waals surface area (Å²) >= 11 is 5.53. The lowest BCUT2D eigenvalue weighted by Gasteiger charge is -2.30. The molecule has 0 spiro atoms. The molecule has 0 saturated carbocycles. The number of pyridine rings is 1. The third-order valence-corrected chi connectivity index (χ3v) is 4.52. The molecule has 1 aliphatic heterocycles. The second-order valence-corrected chi connectivity index (χ2v) is 6.24. The first kappa shape index (κ1) is 14.4. The van der Waals surface area contributed by atoms with Crippen molar-refractivity contribution in [2.75, 3.05) is 13.1 Å². The molecule has 0 radical (unpaired) electrons. The molecule has 0 unspecified atom stereocenters. The fraction of sp³-hybridized carbons (Fsp3) is 0.533. The van der Waals surface area contributed by atoms with Crippen molar-refractivity contribution in [1.29, 1.82) is 0 Å². The number of likely N-dealkylation sites (tertiary alicyclic amines) is 1. The molecular weight excluding hydrogens is 282 g/mol. The molecule has 2 aromatic heterocycles. The van der Waals surface area contributed by atoms with Gasteiger partial charge in [0.2, 0.25) is 0 Å². The lowest BCUT2D eigenvalue weighted by Crippen LogP contribution is -2.36. The first-order valence-electron chi connectivity index (χ1n) is 7.41. The zero-order valence-corrected chi connectivity index (χ0v) is 13.4. The van der Waals surface area contributed by atoms with Gasteiger partial charge in [-0.3, -0.25) is 9.88 Å². The maximum absolute atomic E-state index is 5.53. The fourth-order valence-electron chi connectivity index (χ4n) is 2.93. The average Bonchev–Trinajstić information content (AvgIpc) is 2.77. The van der Waals surface area contributed by atoms with E-state index in [9.17, 15) is 0 Å². The van der Waals surface area contributed by atoms with Crippen molar-refractivity contribution in [1.82, 2.24) is 24.2 Å². The Hall–Kier alpha value is -1.53. The van der Waals surface area contributed by atoms with Gasteiger partial charge < -0.3 is 4.57 Å². The molecule has 5 nitrogen and oxygen atoms in total. The van der Waals surface area contributed by atoms with Gasteiger partial charge in [-0.1, -0.05) is 6.92 Å². The third-order valence-electron chi connectivity index (χ3n) is 4.04. The van der Waals surface area contributed by atoms with Crippen molar-refractivity contribution in [2.24, 2.45) is 13.0 Å². The van der Waals surface area contributed by atoms with Gasteiger partial charge in [0.05, 0.1) is 6.67 Å². The Bertz CT molecular complexity index is 660. The molecule has 3 heterocycles. The molecule has 0 N–H and O–H groups in total. The summed E-state index contributed by atoms with van der Waals surface area (Å²) in [6, 6.07) is 3.93. The standard InChI is InChI=1S/C15H21N5S/c1-12-5-4-8-19(10-12)11-20-15(21)18(2)14(17-20)13-6-3-7-16-9-13/h3,6-7,9,12H,4-5,8,10-11H2,1-2H3/t12-/m1/s1. The molecule has 0 aromatic carbocycles.